The maximum Gasteiger partial charge on any atom is 0.335 e. The molecule has 1 aromatic rings. The van der Waals surface area contributed by atoms with E-state index in [4.69, 9.17) is 16.7 Å². The number of benzene rings is 1. The lowest BCUT2D eigenvalue weighted by atomic mass is 10.2. The number of anilines is 1. The molecule has 6 heteroatoms. The Kier molecular flexibility index (Phi) is 6.87. The van der Waals surface area contributed by atoms with Crippen LogP contribution in [0.2, 0.25) is 5.02 Å². The van der Waals surface area contributed by atoms with Gasteiger partial charge in [0.2, 0.25) is 0 Å². The highest BCUT2D eigenvalue weighted by molar-refractivity contribution is 6.33. The summed E-state index contributed by atoms with van der Waals surface area (Å²) in [6.07, 6.45) is 4.29. The van der Waals surface area contributed by atoms with Gasteiger partial charge in [0, 0.05) is 6.54 Å². The number of rotatable bonds is 7. The zero-order valence-corrected chi connectivity index (χ0v) is 12.2. The van der Waals surface area contributed by atoms with Crippen molar-refractivity contribution in [2.45, 2.75) is 32.6 Å². The fraction of sp³-hybridized carbons (Fsp3) is 0.429. The Labute approximate surface area is 123 Å². The summed E-state index contributed by atoms with van der Waals surface area (Å²) in [4.78, 5) is 22.5. The Bertz CT molecular complexity index is 477. The summed E-state index contributed by atoms with van der Waals surface area (Å²) < 4.78 is 0. The lowest BCUT2D eigenvalue weighted by Crippen LogP contribution is -2.29. The first kappa shape index (κ1) is 16.3. The lowest BCUT2D eigenvalue weighted by Gasteiger charge is -2.09. The number of unbranched alkanes of at least 4 members (excludes halogenated alkanes) is 3. The second-order valence-electron chi connectivity index (χ2n) is 4.44. The van der Waals surface area contributed by atoms with Crippen molar-refractivity contribution in [1.82, 2.24) is 5.32 Å². The summed E-state index contributed by atoms with van der Waals surface area (Å²) in [6, 6.07) is 3.78. The van der Waals surface area contributed by atoms with Crippen LogP contribution in [-0.4, -0.2) is 23.7 Å². The first-order valence-corrected chi connectivity index (χ1v) is 7.00. The summed E-state index contributed by atoms with van der Waals surface area (Å²) in [5.74, 6) is -1.07. The van der Waals surface area contributed by atoms with E-state index in [1.54, 1.807) is 0 Å². The summed E-state index contributed by atoms with van der Waals surface area (Å²) in [6.45, 7) is 2.71. The van der Waals surface area contributed by atoms with E-state index in [0.717, 1.165) is 25.7 Å². The van der Waals surface area contributed by atoms with Crippen molar-refractivity contribution < 1.29 is 14.7 Å². The van der Waals surface area contributed by atoms with Gasteiger partial charge in [0.25, 0.3) is 0 Å². The molecule has 0 unspecified atom stereocenters. The maximum absolute atomic E-state index is 11.7. The average molecular weight is 299 g/mol. The number of halogens is 1. The van der Waals surface area contributed by atoms with Crippen molar-refractivity contribution in [3.63, 3.8) is 0 Å². The first-order valence-electron chi connectivity index (χ1n) is 6.62. The van der Waals surface area contributed by atoms with Crippen LogP contribution >= 0.6 is 11.6 Å². The highest BCUT2D eigenvalue weighted by atomic mass is 35.5. The fourth-order valence-corrected chi connectivity index (χ4v) is 1.84. The summed E-state index contributed by atoms with van der Waals surface area (Å²) >= 11 is 5.91. The Morgan fingerprint density at radius 3 is 2.65 bits per heavy atom. The number of nitrogens with one attached hydrogen (secondary N) is 2. The number of carbonyl (C=O) groups is 2. The SMILES string of the molecule is CCCCCCNC(=O)Nc1cc(C(=O)O)ccc1Cl. The van der Waals surface area contributed by atoms with Crippen LogP contribution in [0.5, 0.6) is 0 Å². The van der Waals surface area contributed by atoms with Crippen LogP contribution in [0.15, 0.2) is 18.2 Å². The van der Waals surface area contributed by atoms with Crippen LogP contribution in [0.1, 0.15) is 43.0 Å². The van der Waals surface area contributed by atoms with E-state index in [1.165, 1.54) is 18.2 Å². The van der Waals surface area contributed by atoms with Crippen molar-refractivity contribution in [2.24, 2.45) is 0 Å². The van der Waals surface area contributed by atoms with Crippen molar-refractivity contribution in [3.05, 3.63) is 28.8 Å². The third kappa shape index (κ3) is 5.48. The number of carboxylic acid groups (broad SMARTS) is 1. The molecule has 110 valence electrons. The van der Waals surface area contributed by atoms with E-state index in [1.807, 2.05) is 0 Å². The van der Waals surface area contributed by atoms with Crippen molar-refractivity contribution in [3.8, 4) is 0 Å². The highest BCUT2D eigenvalue weighted by Crippen LogP contribution is 2.22. The van der Waals surface area contributed by atoms with E-state index in [9.17, 15) is 9.59 Å². The van der Waals surface area contributed by atoms with Crippen molar-refractivity contribution in [1.29, 1.82) is 0 Å². The van der Waals surface area contributed by atoms with E-state index in [-0.39, 0.29) is 17.3 Å². The molecule has 0 atom stereocenters. The molecule has 0 bridgehead atoms. The molecular weight excluding hydrogens is 280 g/mol. The van der Waals surface area contributed by atoms with Gasteiger partial charge < -0.3 is 15.7 Å². The lowest BCUT2D eigenvalue weighted by molar-refractivity contribution is 0.0697. The molecule has 0 fully saturated rings. The van der Waals surface area contributed by atoms with Crippen molar-refractivity contribution >= 4 is 29.3 Å². The van der Waals surface area contributed by atoms with Crippen LogP contribution < -0.4 is 10.6 Å². The van der Waals surface area contributed by atoms with Crippen LogP contribution in [0, 0.1) is 0 Å². The smallest absolute Gasteiger partial charge is 0.335 e. The van der Waals surface area contributed by atoms with Crippen LogP contribution in [-0.2, 0) is 0 Å². The Morgan fingerprint density at radius 1 is 1.25 bits per heavy atom. The first-order chi connectivity index (χ1) is 9.54. The molecule has 0 radical (unpaired) electrons. The second kappa shape index (κ2) is 8.43. The zero-order chi connectivity index (χ0) is 15.0. The molecular formula is C14H19ClN2O3. The summed E-state index contributed by atoms with van der Waals surface area (Å²) in [5.41, 5.74) is 0.366. The standard InChI is InChI=1S/C14H19ClN2O3/c1-2-3-4-5-8-16-14(20)17-12-9-10(13(18)19)6-7-11(12)15/h6-7,9H,2-5,8H2,1H3,(H,18,19)(H2,16,17,20). The van der Waals surface area contributed by atoms with Gasteiger partial charge in [0.05, 0.1) is 16.3 Å². The monoisotopic (exact) mass is 298 g/mol. The molecule has 2 amide bonds. The molecule has 3 N–H and O–H groups in total. The number of aromatic carboxylic acids is 1. The van der Waals surface area contributed by atoms with Crippen LogP contribution in [0.25, 0.3) is 0 Å². The Balaban J connectivity index is 2.49. The largest absolute Gasteiger partial charge is 0.478 e. The number of amides is 2. The van der Waals surface area contributed by atoms with Gasteiger partial charge >= 0.3 is 12.0 Å². The van der Waals surface area contributed by atoms with Gasteiger partial charge in [-0.2, -0.15) is 0 Å². The Morgan fingerprint density at radius 2 is 2.00 bits per heavy atom. The zero-order valence-electron chi connectivity index (χ0n) is 11.4. The van der Waals surface area contributed by atoms with Crippen molar-refractivity contribution in [2.75, 3.05) is 11.9 Å². The maximum atomic E-state index is 11.7. The van der Waals surface area contributed by atoms with Gasteiger partial charge in [0.15, 0.2) is 0 Å². The molecule has 1 rings (SSSR count). The normalized spacial score (nSPS) is 10.1. The minimum absolute atomic E-state index is 0.0765. The third-order valence-corrected chi connectivity index (χ3v) is 3.11. The van der Waals surface area contributed by atoms with Gasteiger partial charge in [-0.05, 0) is 24.6 Å². The molecule has 0 aliphatic rings. The third-order valence-electron chi connectivity index (χ3n) is 2.78. The van der Waals surface area contributed by atoms with Gasteiger partial charge in [-0.3, -0.25) is 0 Å². The number of carboxylic acids is 1. The molecule has 0 aliphatic heterocycles. The minimum Gasteiger partial charge on any atom is -0.478 e. The topological polar surface area (TPSA) is 78.4 Å². The van der Waals surface area contributed by atoms with E-state index < -0.39 is 5.97 Å². The molecule has 0 aromatic heterocycles. The highest BCUT2D eigenvalue weighted by Gasteiger charge is 2.09. The van der Waals surface area contributed by atoms with E-state index >= 15 is 0 Å². The number of carbonyl (C=O) groups excluding carboxylic acids is 1. The molecule has 20 heavy (non-hydrogen) atoms. The quantitative estimate of drug-likeness (QED) is 0.671. The molecule has 5 nitrogen and oxygen atoms in total. The summed E-state index contributed by atoms with van der Waals surface area (Å²) in [7, 11) is 0. The predicted octanol–water partition coefficient (Wildman–Crippen LogP) is 3.74. The van der Waals surface area contributed by atoms with Gasteiger partial charge in [-0.25, -0.2) is 9.59 Å². The average Bonchev–Trinajstić information content (AvgIpc) is 2.40. The Hall–Kier alpha value is -1.75. The molecule has 0 saturated heterocycles. The second-order valence-corrected chi connectivity index (χ2v) is 4.85. The molecule has 1 aromatic carbocycles. The summed E-state index contributed by atoms with van der Waals surface area (Å²) in [5, 5.41) is 14.4. The van der Waals surface area contributed by atoms with E-state index in [2.05, 4.69) is 17.6 Å². The van der Waals surface area contributed by atoms with Gasteiger partial charge in [0.1, 0.15) is 0 Å². The number of hydrogen-bond acceptors (Lipinski definition) is 2. The molecule has 0 spiro atoms. The van der Waals surface area contributed by atoms with Gasteiger partial charge in [-0.1, -0.05) is 37.8 Å². The molecule has 0 heterocycles. The minimum atomic E-state index is -1.07. The number of hydrogen-bond donors (Lipinski definition) is 3. The molecule has 0 saturated carbocycles. The fourth-order valence-electron chi connectivity index (χ4n) is 1.67. The van der Waals surface area contributed by atoms with Crippen LogP contribution in [0.3, 0.4) is 0 Å². The van der Waals surface area contributed by atoms with Crippen LogP contribution in [0.4, 0.5) is 10.5 Å². The number of urea groups is 1. The van der Waals surface area contributed by atoms with E-state index in [0.29, 0.717) is 11.6 Å². The predicted molar refractivity (Wildman–Crippen MR) is 79.6 cm³/mol. The molecule has 0 aliphatic carbocycles. The van der Waals surface area contributed by atoms with Gasteiger partial charge in [-0.15, -0.1) is 0 Å².